The van der Waals surface area contributed by atoms with Crippen molar-refractivity contribution in [3.8, 4) is 0 Å². The van der Waals surface area contributed by atoms with Crippen LogP contribution in [-0.4, -0.2) is 7.05 Å². The molecule has 2 aliphatic carbocycles. The Kier molecular flexibility index (Phi) is 4.16. The molecule has 1 fully saturated rings. The van der Waals surface area contributed by atoms with Crippen LogP contribution in [0.2, 0.25) is 0 Å². The van der Waals surface area contributed by atoms with Crippen molar-refractivity contribution in [2.45, 2.75) is 70.8 Å². The predicted octanol–water partition coefficient (Wildman–Crippen LogP) is 4.80. The lowest BCUT2D eigenvalue weighted by Gasteiger charge is -2.41. The first-order valence-electron chi connectivity index (χ1n) is 8.52. The molecule has 1 N–H and O–H groups in total. The molecule has 0 radical (unpaired) electrons. The first-order valence-corrected chi connectivity index (χ1v) is 8.52. The average Bonchev–Trinajstić information content (AvgIpc) is 2.48. The molecule has 1 nitrogen and oxygen atoms in total. The Morgan fingerprint density at radius 2 is 1.65 bits per heavy atom. The van der Waals surface area contributed by atoms with E-state index < -0.39 is 0 Å². The van der Waals surface area contributed by atoms with Crippen LogP contribution in [-0.2, 0) is 12.8 Å². The molecule has 0 aliphatic heterocycles. The van der Waals surface area contributed by atoms with Gasteiger partial charge in [0.2, 0.25) is 0 Å². The van der Waals surface area contributed by atoms with Crippen LogP contribution in [0, 0.1) is 5.41 Å². The van der Waals surface area contributed by atoms with Crippen LogP contribution < -0.4 is 5.32 Å². The predicted molar refractivity (Wildman–Crippen MR) is 86.1 cm³/mol. The van der Waals surface area contributed by atoms with Crippen molar-refractivity contribution in [2.24, 2.45) is 5.41 Å². The van der Waals surface area contributed by atoms with Gasteiger partial charge in [0.15, 0.2) is 0 Å². The van der Waals surface area contributed by atoms with E-state index in [9.17, 15) is 0 Å². The van der Waals surface area contributed by atoms with Crippen LogP contribution in [0.3, 0.4) is 0 Å². The lowest BCUT2D eigenvalue weighted by atomic mass is 9.68. The van der Waals surface area contributed by atoms with Gasteiger partial charge in [-0.25, -0.2) is 0 Å². The zero-order valence-electron chi connectivity index (χ0n) is 13.2. The maximum atomic E-state index is 3.64. The van der Waals surface area contributed by atoms with Gasteiger partial charge in [0.25, 0.3) is 0 Å². The van der Waals surface area contributed by atoms with Gasteiger partial charge in [0.1, 0.15) is 0 Å². The van der Waals surface area contributed by atoms with Gasteiger partial charge in [-0.15, -0.1) is 0 Å². The summed E-state index contributed by atoms with van der Waals surface area (Å²) in [4.78, 5) is 0. The number of benzene rings is 1. The summed E-state index contributed by atoms with van der Waals surface area (Å²) >= 11 is 0. The fraction of sp³-hybridized carbons (Fsp3) is 0.684. The number of fused-ring (bicyclic) bond motifs is 1. The summed E-state index contributed by atoms with van der Waals surface area (Å²) < 4.78 is 0. The van der Waals surface area contributed by atoms with Crippen molar-refractivity contribution in [1.82, 2.24) is 5.32 Å². The number of aryl methyl sites for hydroxylation is 2. The summed E-state index contributed by atoms with van der Waals surface area (Å²) in [6.07, 6.45) is 12.3. The summed E-state index contributed by atoms with van der Waals surface area (Å²) in [6, 6.07) is 7.83. The average molecular weight is 271 g/mol. The maximum absolute atomic E-state index is 3.64. The molecule has 0 heterocycles. The van der Waals surface area contributed by atoms with Crippen molar-refractivity contribution in [1.29, 1.82) is 0 Å². The number of hydrogen-bond donors (Lipinski definition) is 1. The quantitative estimate of drug-likeness (QED) is 0.833. The van der Waals surface area contributed by atoms with E-state index in [1.807, 2.05) is 0 Å². The van der Waals surface area contributed by atoms with Crippen LogP contribution in [0.1, 0.15) is 74.6 Å². The molecular formula is C19H29N. The lowest BCUT2D eigenvalue weighted by Crippen LogP contribution is -2.36. The minimum atomic E-state index is 0.440. The highest BCUT2D eigenvalue weighted by atomic mass is 14.9. The third kappa shape index (κ3) is 2.65. The summed E-state index contributed by atoms with van der Waals surface area (Å²) in [5.41, 5.74) is 5.19. The van der Waals surface area contributed by atoms with E-state index >= 15 is 0 Å². The minimum absolute atomic E-state index is 0.440. The number of rotatable bonds is 3. The Morgan fingerprint density at radius 1 is 0.950 bits per heavy atom. The summed E-state index contributed by atoms with van der Waals surface area (Å²) in [6.45, 7) is 2.49. The number of nitrogens with one attached hydrogen (secondary N) is 1. The van der Waals surface area contributed by atoms with E-state index in [4.69, 9.17) is 0 Å². The molecular weight excluding hydrogens is 242 g/mol. The van der Waals surface area contributed by atoms with Gasteiger partial charge in [-0.2, -0.15) is 0 Å². The Bertz CT molecular complexity index is 457. The normalized spacial score (nSPS) is 23.1. The molecule has 1 heteroatoms. The van der Waals surface area contributed by atoms with Gasteiger partial charge < -0.3 is 5.32 Å². The molecule has 1 aromatic carbocycles. The highest BCUT2D eigenvalue weighted by molar-refractivity contribution is 5.36. The largest absolute Gasteiger partial charge is 0.313 e. The van der Waals surface area contributed by atoms with E-state index in [0.717, 1.165) is 0 Å². The summed E-state index contributed by atoms with van der Waals surface area (Å²) in [5.74, 6) is 0. The van der Waals surface area contributed by atoms with Crippen LogP contribution in [0.15, 0.2) is 18.2 Å². The second kappa shape index (κ2) is 5.89. The molecule has 20 heavy (non-hydrogen) atoms. The van der Waals surface area contributed by atoms with Crippen molar-refractivity contribution in [3.63, 3.8) is 0 Å². The zero-order valence-corrected chi connectivity index (χ0v) is 13.2. The molecule has 110 valence electrons. The molecule has 3 rings (SSSR count). The van der Waals surface area contributed by atoms with E-state index in [1.165, 1.54) is 63.4 Å². The summed E-state index contributed by atoms with van der Waals surface area (Å²) in [7, 11) is 2.14. The topological polar surface area (TPSA) is 12.0 Å². The van der Waals surface area contributed by atoms with Crippen molar-refractivity contribution >= 4 is 0 Å². The monoisotopic (exact) mass is 271 g/mol. The summed E-state index contributed by atoms with van der Waals surface area (Å²) in [5, 5.41) is 3.64. The third-order valence-corrected chi connectivity index (χ3v) is 5.69. The smallest absolute Gasteiger partial charge is 0.0372 e. The molecule has 0 amide bonds. The highest BCUT2D eigenvalue weighted by Crippen LogP contribution is 2.45. The lowest BCUT2D eigenvalue weighted by molar-refractivity contribution is 0.150. The Labute approximate surface area is 124 Å². The first kappa shape index (κ1) is 14.1. The van der Waals surface area contributed by atoms with Gasteiger partial charge in [0, 0.05) is 6.04 Å². The van der Waals surface area contributed by atoms with Gasteiger partial charge in [-0.05, 0) is 67.7 Å². The maximum Gasteiger partial charge on any atom is 0.0372 e. The fourth-order valence-corrected chi connectivity index (χ4v) is 4.50. The van der Waals surface area contributed by atoms with E-state index in [2.05, 4.69) is 37.5 Å². The standard InChI is InChI=1S/C19H29N/c1-19(12-6-3-7-13-19)18(20-2)17-11-10-15-8-4-5-9-16(15)14-17/h10-11,14,18,20H,3-9,12-13H2,1-2H3. The Morgan fingerprint density at radius 3 is 2.35 bits per heavy atom. The van der Waals surface area contributed by atoms with Crippen molar-refractivity contribution < 1.29 is 0 Å². The molecule has 1 aromatic rings. The third-order valence-electron chi connectivity index (χ3n) is 5.69. The molecule has 1 unspecified atom stereocenters. The van der Waals surface area contributed by atoms with E-state index in [1.54, 1.807) is 11.1 Å². The van der Waals surface area contributed by atoms with Crippen LogP contribution in [0.4, 0.5) is 0 Å². The molecule has 2 aliphatic rings. The minimum Gasteiger partial charge on any atom is -0.313 e. The highest BCUT2D eigenvalue weighted by Gasteiger charge is 2.35. The molecule has 0 saturated heterocycles. The molecule has 0 bridgehead atoms. The van der Waals surface area contributed by atoms with E-state index in [0.29, 0.717) is 11.5 Å². The van der Waals surface area contributed by atoms with Gasteiger partial charge in [0.05, 0.1) is 0 Å². The van der Waals surface area contributed by atoms with Crippen LogP contribution in [0.5, 0.6) is 0 Å². The SMILES string of the molecule is CNC(c1ccc2c(c1)CCCC2)C1(C)CCCCC1. The van der Waals surface area contributed by atoms with E-state index in [-0.39, 0.29) is 0 Å². The van der Waals surface area contributed by atoms with Crippen LogP contribution >= 0.6 is 0 Å². The van der Waals surface area contributed by atoms with Crippen LogP contribution in [0.25, 0.3) is 0 Å². The Hall–Kier alpha value is -0.820. The molecule has 0 spiro atoms. The first-order chi connectivity index (χ1) is 9.73. The fourth-order valence-electron chi connectivity index (χ4n) is 4.50. The van der Waals surface area contributed by atoms with Crippen molar-refractivity contribution in [2.75, 3.05) is 7.05 Å². The molecule has 1 atom stereocenters. The van der Waals surface area contributed by atoms with Gasteiger partial charge >= 0.3 is 0 Å². The zero-order chi connectivity index (χ0) is 14.0. The second-order valence-electron chi connectivity index (χ2n) is 7.17. The van der Waals surface area contributed by atoms with Gasteiger partial charge in [-0.3, -0.25) is 0 Å². The second-order valence-corrected chi connectivity index (χ2v) is 7.17. The molecule has 1 saturated carbocycles. The Balaban J connectivity index is 1.88. The molecule has 0 aromatic heterocycles. The number of hydrogen-bond acceptors (Lipinski definition) is 1. The van der Waals surface area contributed by atoms with Gasteiger partial charge in [-0.1, -0.05) is 44.4 Å². The van der Waals surface area contributed by atoms with Crippen molar-refractivity contribution in [3.05, 3.63) is 34.9 Å².